The Morgan fingerprint density at radius 3 is 2.63 bits per heavy atom. The first-order chi connectivity index (χ1) is 12.6. The van der Waals surface area contributed by atoms with Crippen molar-refractivity contribution in [3.63, 3.8) is 0 Å². The van der Waals surface area contributed by atoms with Gasteiger partial charge in [-0.05, 0) is 32.0 Å². The van der Waals surface area contributed by atoms with E-state index in [0.29, 0.717) is 0 Å². The Hall–Kier alpha value is -2.62. The van der Waals surface area contributed by atoms with Crippen LogP contribution in [0.1, 0.15) is 36.1 Å². The molecule has 0 unspecified atom stereocenters. The lowest BCUT2D eigenvalue weighted by Gasteiger charge is -2.32. The highest BCUT2D eigenvalue weighted by molar-refractivity contribution is 5.99. The molecular formula is C17H18F3N3O4. The second-order valence-corrected chi connectivity index (χ2v) is 6.53. The number of hydrogen-bond acceptors (Lipinski definition) is 4. The highest BCUT2D eigenvalue weighted by Gasteiger charge is 2.38. The lowest BCUT2D eigenvalue weighted by Crippen LogP contribution is -2.52. The minimum Gasteiger partial charge on any atom is -0.480 e. The summed E-state index contributed by atoms with van der Waals surface area (Å²) in [7, 11) is 0. The molecule has 1 saturated heterocycles. The van der Waals surface area contributed by atoms with Crippen molar-refractivity contribution in [1.29, 1.82) is 0 Å². The van der Waals surface area contributed by atoms with Crippen LogP contribution in [0, 0.1) is 0 Å². The summed E-state index contributed by atoms with van der Waals surface area (Å²) >= 11 is 0. The summed E-state index contributed by atoms with van der Waals surface area (Å²) in [5.74, 6) is -2.82. The van der Waals surface area contributed by atoms with Crippen LogP contribution in [-0.4, -0.2) is 57.2 Å². The summed E-state index contributed by atoms with van der Waals surface area (Å²) in [6.07, 6.45) is -4.63. The quantitative estimate of drug-likeness (QED) is 0.878. The average molecular weight is 385 g/mol. The van der Waals surface area contributed by atoms with E-state index in [9.17, 15) is 27.9 Å². The number of halogens is 3. The normalized spacial score (nSPS) is 18.3. The molecule has 1 N–H and O–H groups in total. The number of carbonyl (C=O) groups is 2. The maximum absolute atomic E-state index is 13.3. The van der Waals surface area contributed by atoms with E-state index < -0.39 is 36.0 Å². The second-order valence-electron chi connectivity index (χ2n) is 6.53. The van der Waals surface area contributed by atoms with Crippen molar-refractivity contribution >= 4 is 22.9 Å². The van der Waals surface area contributed by atoms with E-state index in [2.05, 4.69) is 4.98 Å². The molecule has 1 aromatic carbocycles. The fraction of sp³-hybridized carbons (Fsp3) is 0.471. The van der Waals surface area contributed by atoms with Gasteiger partial charge in [0.05, 0.1) is 24.2 Å². The fourth-order valence-electron chi connectivity index (χ4n) is 3.17. The number of imidazole rings is 1. The Balaban J connectivity index is 2.04. The van der Waals surface area contributed by atoms with E-state index in [0.717, 1.165) is 9.47 Å². The van der Waals surface area contributed by atoms with Gasteiger partial charge in [0.2, 0.25) is 5.82 Å². The smallest absolute Gasteiger partial charge is 0.449 e. The largest absolute Gasteiger partial charge is 0.480 e. The van der Waals surface area contributed by atoms with Crippen LogP contribution in [0.5, 0.6) is 0 Å². The highest BCUT2D eigenvalue weighted by Crippen LogP contribution is 2.34. The van der Waals surface area contributed by atoms with Crippen LogP contribution < -0.4 is 0 Å². The maximum atomic E-state index is 13.3. The van der Waals surface area contributed by atoms with Gasteiger partial charge in [-0.25, -0.2) is 9.78 Å². The van der Waals surface area contributed by atoms with Crippen LogP contribution >= 0.6 is 0 Å². The average Bonchev–Trinajstić information content (AvgIpc) is 3.00. The predicted octanol–water partition coefficient (Wildman–Crippen LogP) is 2.56. The number of carboxylic acids is 1. The Kier molecular flexibility index (Phi) is 4.85. The molecule has 1 aromatic heterocycles. The van der Waals surface area contributed by atoms with Gasteiger partial charge in [0, 0.05) is 18.2 Å². The van der Waals surface area contributed by atoms with Gasteiger partial charge in [-0.15, -0.1) is 0 Å². The number of rotatable bonds is 3. The van der Waals surface area contributed by atoms with Gasteiger partial charge >= 0.3 is 12.1 Å². The minimum absolute atomic E-state index is 0.0296. The number of benzene rings is 1. The molecule has 0 aliphatic carbocycles. The number of ether oxygens (including phenoxy) is 1. The van der Waals surface area contributed by atoms with Crippen molar-refractivity contribution in [2.75, 3.05) is 19.8 Å². The van der Waals surface area contributed by atoms with E-state index in [1.54, 1.807) is 13.8 Å². The molecular weight excluding hydrogens is 367 g/mol. The van der Waals surface area contributed by atoms with Gasteiger partial charge < -0.3 is 19.3 Å². The molecule has 7 nitrogen and oxygen atoms in total. The zero-order chi connectivity index (χ0) is 19.9. The standard InChI is InChI=1S/C17H18F3N3O4/c1-9(2)23-12-4-3-10(7-11(12)21-16(23)17(18,19)20)14(24)22-5-6-27-8-13(22)15(25)26/h3-4,7,9,13H,5-6,8H2,1-2H3,(H,25,26)/t13-/m1/s1. The van der Waals surface area contributed by atoms with Crippen molar-refractivity contribution in [3.8, 4) is 0 Å². The minimum atomic E-state index is -4.63. The van der Waals surface area contributed by atoms with Crippen LogP contribution in [0.2, 0.25) is 0 Å². The Bertz CT molecular complexity index is 891. The molecule has 3 rings (SSSR count). The van der Waals surface area contributed by atoms with Gasteiger partial charge in [-0.1, -0.05) is 0 Å². The summed E-state index contributed by atoms with van der Waals surface area (Å²) in [5.41, 5.74) is 0.366. The van der Waals surface area contributed by atoms with Crippen molar-refractivity contribution < 1.29 is 32.6 Å². The maximum Gasteiger partial charge on any atom is 0.449 e. The zero-order valence-corrected chi connectivity index (χ0v) is 14.7. The van der Waals surface area contributed by atoms with Crippen molar-refractivity contribution in [3.05, 3.63) is 29.6 Å². The Morgan fingerprint density at radius 1 is 1.33 bits per heavy atom. The van der Waals surface area contributed by atoms with E-state index in [1.807, 2.05) is 0 Å². The van der Waals surface area contributed by atoms with E-state index in [4.69, 9.17) is 4.74 Å². The monoisotopic (exact) mass is 385 g/mol. The molecule has 1 fully saturated rings. The molecule has 1 aliphatic heterocycles. The lowest BCUT2D eigenvalue weighted by molar-refractivity contribution is -0.148. The van der Waals surface area contributed by atoms with Gasteiger partial charge in [0.1, 0.15) is 0 Å². The summed E-state index contributed by atoms with van der Waals surface area (Å²) in [5, 5.41) is 9.25. The van der Waals surface area contributed by atoms with Crippen LogP contribution in [0.3, 0.4) is 0 Å². The number of amides is 1. The second kappa shape index (κ2) is 6.84. The van der Waals surface area contributed by atoms with Gasteiger partial charge in [0.15, 0.2) is 6.04 Å². The first-order valence-corrected chi connectivity index (χ1v) is 8.32. The third-order valence-electron chi connectivity index (χ3n) is 4.38. The molecule has 0 spiro atoms. The van der Waals surface area contributed by atoms with Crippen LogP contribution in [0.25, 0.3) is 11.0 Å². The van der Waals surface area contributed by atoms with Crippen LogP contribution in [-0.2, 0) is 15.7 Å². The number of carboxylic acid groups (broad SMARTS) is 1. The third kappa shape index (κ3) is 3.48. The number of carbonyl (C=O) groups excluding carboxylic acids is 1. The van der Waals surface area contributed by atoms with Gasteiger partial charge in [-0.3, -0.25) is 4.79 Å². The molecule has 2 aromatic rings. The molecule has 1 atom stereocenters. The van der Waals surface area contributed by atoms with Gasteiger partial charge in [0.25, 0.3) is 5.91 Å². The molecule has 0 radical (unpaired) electrons. The summed E-state index contributed by atoms with van der Waals surface area (Å²) in [6, 6.07) is 2.44. The fourth-order valence-corrected chi connectivity index (χ4v) is 3.17. The first kappa shape index (κ1) is 19.2. The number of morpholine rings is 1. The van der Waals surface area contributed by atoms with E-state index in [-0.39, 0.29) is 36.4 Å². The molecule has 10 heteroatoms. The summed E-state index contributed by atoms with van der Waals surface area (Å²) < 4.78 is 46.1. The molecule has 0 saturated carbocycles. The molecule has 0 bridgehead atoms. The number of nitrogens with zero attached hydrogens (tertiary/aromatic N) is 3. The number of hydrogen-bond donors (Lipinski definition) is 1. The van der Waals surface area contributed by atoms with Crippen molar-refractivity contribution in [2.45, 2.75) is 32.1 Å². The van der Waals surface area contributed by atoms with E-state index >= 15 is 0 Å². The highest BCUT2D eigenvalue weighted by atomic mass is 19.4. The molecule has 1 amide bonds. The Morgan fingerprint density at radius 2 is 2.04 bits per heavy atom. The molecule has 27 heavy (non-hydrogen) atoms. The van der Waals surface area contributed by atoms with E-state index in [1.165, 1.54) is 18.2 Å². The SMILES string of the molecule is CC(C)n1c(C(F)(F)F)nc2cc(C(=O)N3CCOC[C@@H]3C(=O)O)ccc21. The van der Waals surface area contributed by atoms with Gasteiger partial charge in [-0.2, -0.15) is 13.2 Å². The lowest BCUT2D eigenvalue weighted by atomic mass is 10.1. The molecule has 1 aliphatic rings. The molecule has 146 valence electrons. The number of aliphatic carboxylic acids is 1. The van der Waals surface area contributed by atoms with Crippen LogP contribution in [0.15, 0.2) is 18.2 Å². The summed E-state index contributed by atoms with van der Waals surface area (Å²) in [4.78, 5) is 28.9. The molecule has 2 heterocycles. The number of alkyl halides is 3. The summed E-state index contributed by atoms with van der Waals surface area (Å²) in [6.45, 7) is 3.37. The topological polar surface area (TPSA) is 84.7 Å². The first-order valence-electron chi connectivity index (χ1n) is 8.32. The predicted molar refractivity (Wildman–Crippen MR) is 88.4 cm³/mol. The number of aromatic nitrogens is 2. The number of fused-ring (bicyclic) bond motifs is 1. The van der Waals surface area contributed by atoms with Crippen molar-refractivity contribution in [2.24, 2.45) is 0 Å². The Labute approximate surface area is 152 Å². The third-order valence-corrected chi connectivity index (χ3v) is 4.38. The zero-order valence-electron chi connectivity index (χ0n) is 14.7. The van der Waals surface area contributed by atoms with Crippen molar-refractivity contribution in [1.82, 2.24) is 14.5 Å². The van der Waals surface area contributed by atoms with Crippen LogP contribution in [0.4, 0.5) is 13.2 Å².